The Hall–Kier alpha value is -3.74. The monoisotopic (exact) mass is 440 g/mol. The van der Waals surface area contributed by atoms with Crippen molar-refractivity contribution >= 4 is 11.0 Å². The summed E-state index contributed by atoms with van der Waals surface area (Å²) < 4.78 is 57.9. The van der Waals surface area contributed by atoms with Crippen LogP contribution in [0.1, 0.15) is 22.5 Å². The number of para-hydroxylation sites is 1. The third-order valence-corrected chi connectivity index (χ3v) is 5.02. The lowest BCUT2D eigenvalue weighted by Gasteiger charge is -2.16. The first-order chi connectivity index (χ1) is 15.3. The normalized spacial score (nSPS) is 11.5. The smallest absolute Gasteiger partial charge is 0.453 e. The quantitative estimate of drug-likeness (QED) is 0.342. The molecule has 0 N–H and O–H groups in total. The summed E-state index contributed by atoms with van der Waals surface area (Å²) in [6.45, 7) is 3.44. The van der Waals surface area contributed by atoms with Gasteiger partial charge in [0.2, 0.25) is 11.2 Å². The van der Waals surface area contributed by atoms with Crippen LogP contribution in [-0.2, 0) is 12.8 Å². The second kappa shape index (κ2) is 8.42. The molecule has 0 fully saturated rings. The fourth-order valence-corrected chi connectivity index (χ4v) is 3.31. The van der Waals surface area contributed by atoms with Crippen molar-refractivity contribution < 1.29 is 27.1 Å². The van der Waals surface area contributed by atoms with E-state index in [2.05, 4.69) is 0 Å². The van der Waals surface area contributed by atoms with Gasteiger partial charge >= 0.3 is 6.18 Å². The number of hydrogen-bond donors (Lipinski definition) is 0. The van der Waals surface area contributed by atoms with E-state index in [0.29, 0.717) is 16.9 Å². The SMILES string of the molecule is Cc1ccccc1Oc1c(C(F)(F)F)oc2c(C)c(OCc3ccccc3)ccc2c1=O. The van der Waals surface area contributed by atoms with Crippen LogP contribution in [0.4, 0.5) is 13.2 Å². The lowest BCUT2D eigenvalue weighted by Crippen LogP contribution is -2.16. The van der Waals surface area contributed by atoms with E-state index in [4.69, 9.17) is 13.9 Å². The van der Waals surface area contributed by atoms with E-state index in [-0.39, 0.29) is 23.3 Å². The Balaban J connectivity index is 1.81. The summed E-state index contributed by atoms with van der Waals surface area (Å²) in [6.07, 6.45) is -4.93. The average Bonchev–Trinajstić information content (AvgIpc) is 2.76. The van der Waals surface area contributed by atoms with Crippen molar-refractivity contribution in [1.82, 2.24) is 0 Å². The molecular weight excluding hydrogens is 421 g/mol. The summed E-state index contributed by atoms with van der Waals surface area (Å²) in [6, 6.07) is 18.7. The zero-order valence-corrected chi connectivity index (χ0v) is 17.3. The Morgan fingerprint density at radius 1 is 0.875 bits per heavy atom. The Labute approximate surface area is 181 Å². The maximum absolute atomic E-state index is 13.8. The van der Waals surface area contributed by atoms with Crippen LogP contribution in [-0.4, -0.2) is 0 Å². The van der Waals surface area contributed by atoms with Crippen molar-refractivity contribution in [2.75, 3.05) is 0 Å². The molecule has 7 heteroatoms. The summed E-state index contributed by atoms with van der Waals surface area (Å²) in [5.74, 6) is -1.91. The maximum Gasteiger partial charge on any atom is 0.453 e. The summed E-state index contributed by atoms with van der Waals surface area (Å²) >= 11 is 0. The molecule has 4 rings (SSSR count). The maximum atomic E-state index is 13.8. The molecule has 0 aliphatic rings. The van der Waals surface area contributed by atoms with E-state index in [0.717, 1.165) is 5.56 Å². The van der Waals surface area contributed by atoms with Crippen molar-refractivity contribution in [3.63, 3.8) is 0 Å². The summed E-state index contributed by atoms with van der Waals surface area (Å²) in [7, 11) is 0. The number of rotatable bonds is 5. The number of halogens is 3. The van der Waals surface area contributed by atoms with Crippen LogP contribution < -0.4 is 14.9 Å². The molecule has 0 unspecified atom stereocenters. The van der Waals surface area contributed by atoms with Gasteiger partial charge in [-0.1, -0.05) is 48.5 Å². The van der Waals surface area contributed by atoms with Crippen LogP contribution >= 0.6 is 0 Å². The van der Waals surface area contributed by atoms with Crippen molar-refractivity contribution in [1.29, 1.82) is 0 Å². The molecule has 4 nitrogen and oxygen atoms in total. The molecule has 0 saturated carbocycles. The van der Waals surface area contributed by atoms with Gasteiger partial charge in [0.15, 0.2) is 0 Å². The largest absolute Gasteiger partial charge is 0.488 e. The highest BCUT2D eigenvalue weighted by atomic mass is 19.4. The molecule has 0 bridgehead atoms. The van der Waals surface area contributed by atoms with E-state index in [9.17, 15) is 18.0 Å². The molecule has 4 aromatic rings. The highest BCUT2D eigenvalue weighted by Gasteiger charge is 2.41. The lowest BCUT2D eigenvalue weighted by atomic mass is 10.1. The molecule has 0 atom stereocenters. The molecule has 1 heterocycles. The number of ether oxygens (including phenoxy) is 2. The summed E-state index contributed by atoms with van der Waals surface area (Å²) in [5, 5.41) is -0.0221. The van der Waals surface area contributed by atoms with Crippen molar-refractivity contribution in [2.24, 2.45) is 0 Å². The predicted molar refractivity (Wildman–Crippen MR) is 114 cm³/mol. The fraction of sp³-hybridized carbons (Fsp3) is 0.160. The molecule has 0 aliphatic carbocycles. The molecule has 164 valence electrons. The molecule has 3 aromatic carbocycles. The Bertz CT molecular complexity index is 1330. The zero-order valence-electron chi connectivity index (χ0n) is 17.3. The molecular formula is C25H19F3O4. The molecule has 0 radical (unpaired) electrons. The Morgan fingerprint density at radius 3 is 2.25 bits per heavy atom. The highest BCUT2D eigenvalue weighted by Crippen LogP contribution is 2.40. The number of fused-ring (bicyclic) bond motifs is 1. The lowest BCUT2D eigenvalue weighted by molar-refractivity contribution is -0.154. The van der Waals surface area contributed by atoms with Crippen LogP contribution in [0.2, 0.25) is 0 Å². The fourth-order valence-electron chi connectivity index (χ4n) is 3.31. The van der Waals surface area contributed by atoms with Crippen LogP contribution in [0.15, 0.2) is 75.9 Å². The minimum Gasteiger partial charge on any atom is -0.488 e. The second-order valence-electron chi connectivity index (χ2n) is 7.29. The second-order valence-corrected chi connectivity index (χ2v) is 7.29. The van der Waals surface area contributed by atoms with Crippen LogP contribution in [0.3, 0.4) is 0 Å². The first kappa shape index (κ1) is 21.5. The van der Waals surface area contributed by atoms with Gasteiger partial charge in [0.05, 0.1) is 5.39 Å². The predicted octanol–water partition coefficient (Wildman–Crippen LogP) is 6.80. The highest BCUT2D eigenvalue weighted by molar-refractivity contribution is 5.83. The number of benzene rings is 3. The zero-order chi connectivity index (χ0) is 22.9. The van der Waals surface area contributed by atoms with E-state index in [1.54, 1.807) is 38.1 Å². The van der Waals surface area contributed by atoms with Crippen molar-refractivity contribution in [3.05, 3.63) is 99.4 Å². The third kappa shape index (κ3) is 4.19. The Morgan fingerprint density at radius 2 is 1.56 bits per heavy atom. The van der Waals surface area contributed by atoms with E-state index >= 15 is 0 Å². The van der Waals surface area contributed by atoms with Gasteiger partial charge in [0, 0.05) is 5.56 Å². The number of aryl methyl sites for hydroxylation is 2. The molecule has 32 heavy (non-hydrogen) atoms. The molecule has 0 aliphatic heterocycles. The Kier molecular flexibility index (Phi) is 5.65. The summed E-state index contributed by atoms with van der Waals surface area (Å²) in [4.78, 5) is 13.0. The van der Waals surface area contributed by atoms with Crippen molar-refractivity contribution in [3.8, 4) is 17.2 Å². The number of hydrogen-bond acceptors (Lipinski definition) is 4. The van der Waals surface area contributed by atoms with Crippen LogP contribution in [0.5, 0.6) is 17.2 Å². The number of alkyl halides is 3. The minimum atomic E-state index is -4.93. The first-order valence-electron chi connectivity index (χ1n) is 9.83. The summed E-state index contributed by atoms with van der Waals surface area (Å²) in [5.41, 5.74) is 0.681. The van der Waals surface area contributed by atoms with Gasteiger partial charge in [-0.05, 0) is 43.2 Å². The van der Waals surface area contributed by atoms with E-state index in [1.807, 2.05) is 30.3 Å². The van der Waals surface area contributed by atoms with Gasteiger partial charge in [-0.25, -0.2) is 0 Å². The van der Waals surface area contributed by atoms with Gasteiger partial charge in [-0.3, -0.25) is 4.79 Å². The van der Waals surface area contributed by atoms with Crippen LogP contribution in [0, 0.1) is 13.8 Å². The molecule has 0 spiro atoms. The van der Waals surface area contributed by atoms with Gasteiger partial charge in [-0.2, -0.15) is 13.2 Å². The van der Waals surface area contributed by atoms with Gasteiger partial charge in [0.25, 0.3) is 5.76 Å². The van der Waals surface area contributed by atoms with Gasteiger partial charge in [-0.15, -0.1) is 0 Å². The van der Waals surface area contributed by atoms with Crippen LogP contribution in [0.25, 0.3) is 11.0 Å². The van der Waals surface area contributed by atoms with E-state index < -0.39 is 23.1 Å². The molecule has 1 aromatic heterocycles. The van der Waals surface area contributed by atoms with Gasteiger partial charge < -0.3 is 13.9 Å². The third-order valence-electron chi connectivity index (χ3n) is 5.02. The minimum absolute atomic E-state index is 0.0221. The standard InChI is InChI=1S/C25H19F3O4/c1-15-8-6-7-11-19(15)31-23-21(29)18-12-13-20(30-14-17-9-4-3-5-10-17)16(2)22(18)32-24(23)25(26,27)28/h3-13H,14H2,1-2H3. The topological polar surface area (TPSA) is 48.7 Å². The van der Waals surface area contributed by atoms with E-state index in [1.165, 1.54) is 12.1 Å². The van der Waals surface area contributed by atoms with Gasteiger partial charge in [0.1, 0.15) is 23.7 Å². The molecule has 0 amide bonds. The molecule has 0 saturated heterocycles. The van der Waals surface area contributed by atoms with Crippen molar-refractivity contribution in [2.45, 2.75) is 26.6 Å². The first-order valence-corrected chi connectivity index (χ1v) is 9.83. The average molecular weight is 440 g/mol.